The Labute approximate surface area is 273 Å². The van der Waals surface area contributed by atoms with Crippen LogP contribution >= 0.6 is 34.8 Å². The number of hydrogen-bond donors (Lipinski definition) is 1. The number of hydrogen-bond acceptors (Lipinski definition) is 4. The molecule has 0 saturated heterocycles. The predicted molar refractivity (Wildman–Crippen MR) is 177 cm³/mol. The van der Waals surface area contributed by atoms with Gasteiger partial charge in [-0.1, -0.05) is 95.5 Å². The summed E-state index contributed by atoms with van der Waals surface area (Å²) in [6, 6.07) is 27.2. The van der Waals surface area contributed by atoms with E-state index in [0.717, 1.165) is 9.87 Å². The van der Waals surface area contributed by atoms with Gasteiger partial charge in [0.05, 0.1) is 15.6 Å². The van der Waals surface area contributed by atoms with Gasteiger partial charge in [0.25, 0.3) is 10.0 Å². The summed E-state index contributed by atoms with van der Waals surface area (Å²) in [7, 11) is -4.28. The maximum Gasteiger partial charge on any atom is 0.264 e. The monoisotopic (exact) mass is 671 g/mol. The van der Waals surface area contributed by atoms with Crippen LogP contribution < -0.4 is 9.62 Å². The van der Waals surface area contributed by atoms with Crippen LogP contribution in [0.25, 0.3) is 0 Å². The molecule has 0 heterocycles. The number of amides is 2. The SMILES string of the molecule is CC(C)NC(=O)[C@H](Cc1ccccc1)N(Cc1cccc(Cl)c1)C(=O)CN(c1ccc(Cl)cc1Cl)S(=O)(=O)c1ccccc1. The van der Waals surface area contributed by atoms with Gasteiger partial charge in [-0.2, -0.15) is 0 Å². The number of rotatable bonds is 12. The Balaban J connectivity index is 1.82. The van der Waals surface area contributed by atoms with Crippen LogP contribution in [0, 0.1) is 0 Å². The summed E-state index contributed by atoms with van der Waals surface area (Å²) in [5, 5.41) is 3.74. The Kier molecular flexibility index (Phi) is 11.3. The molecule has 4 aromatic carbocycles. The highest BCUT2D eigenvalue weighted by molar-refractivity contribution is 7.92. The Bertz CT molecular complexity index is 1700. The second-order valence-electron chi connectivity index (χ2n) is 10.4. The Morgan fingerprint density at radius 3 is 2.00 bits per heavy atom. The summed E-state index contributed by atoms with van der Waals surface area (Å²) < 4.78 is 29.0. The maximum absolute atomic E-state index is 14.4. The van der Waals surface area contributed by atoms with Crippen molar-refractivity contribution >= 4 is 62.3 Å². The molecule has 1 atom stereocenters. The molecule has 0 unspecified atom stereocenters. The highest BCUT2D eigenvalue weighted by Crippen LogP contribution is 2.33. The quantitative estimate of drug-likeness (QED) is 0.176. The van der Waals surface area contributed by atoms with Gasteiger partial charge < -0.3 is 10.2 Å². The van der Waals surface area contributed by atoms with Crippen molar-refractivity contribution in [2.24, 2.45) is 0 Å². The van der Waals surface area contributed by atoms with Crippen molar-refractivity contribution < 1.29 is 18.0 Å². The molecule has 0 aromatic heterocycles. The molecule has 0 aliphatic heterocycles. The highest BCUT2D eigenvalue weighted by atomic mass is 35.5. The van der Waals surface area contributed by atoms with Crippen molar-refractivity contribution in [3.8, 4) is 0 Å². The van der Waals surface area contributed by atoms with Gasteiger partial charge in [-0.3, -0.25) is 13.9 Å². The molecule has 0 bridgehead atoms. The summed E-state index contributed by atoms with van der Waals surface area (Å²) >= 11 is 18.9. The zero-order valence-electron chi connectivity index (χ0n) is 24.2. The molecule has 0 spiro atoms. The Morgan fingerprint density at radius 2 is 1.39 bits per heavy atom. The minimum Gasteiger partial charge on any atom is -0.352 e. The second-order valence-corrected chi connectivity index (χ2v) is 13.6. The molecule has 4 rings (SSSR count). The second kappa shape index (κ2) is 14.9. The van der Waals surface area contributed by atoms with E-state index in [0.29, 0.717) is 15.6 Å². The highest BCUT2D eigenvalue weighted by Gasteiger charge is 2.35. The summed E-state index contributed by atoms with van der Waals surface area (Å²) in [4.78, 5) is 29.5. The van der Waals surface area contributed by atoms with E-state index in [2.05, 4.69) is 5.32 Å². The van der Waals surface area contributed by atoms with Crippen LogP contribution in [0.2, 0.25) is 15.1 Å². The van der Waals surface area contributed by atoms with Gasteiger partial charge in [-0.05, 0) is 67.4 Å². The Hall–Kier alpha value is -3.56. The molecule has 0 saturated carbocycles. The molecule has 7 nitrogen and oxygen atoms in total. The smallest absolute Gasteiger partial charge is 0.264 e. The maximum atomic E-state index is 14.4. The zero-order valence-corrected chi connectivity index (χ0v) is 27.2. The zero-order chi connectivity index (χ0) is 31.9. The van der Waals surface area contributed by atoms with E-state index in [4.69, 9.17) is 34.8 Å². The number of nitrogens with one attached hydrogen (secondary N) is 1. The molecule has 230 valence electrons. The first kappa shape index (κ1) is 33.3. The summed E-state index contributed by atoms with van der Waals surface area (Å²) in [5.41, 5.74) is 1.57. The van der Waals surface area contributed by atoms with Gasteiger partial charge in [0.1, 0.15) is 12.6 Å². The first-order chi connectivity index (χ1) is 21.0. The largest absolute Gasteiger partial charge is 0.352 e. The predicted octanol–water partition coefficient (Wildman–Crippen LogP) is 7.01. The molecular weight excluding hydrogens is 641 g/mol. The molecule has 4 aromatic rings. The third-order valence-corrected chi connectivity index (χ3v) is 9.28. The summed E-state index contributed by atoms with van der Waals surface area (Å²) in [5.74, 6) is -0.989. The van der Waals surface area contributed by atoms with Crippen LogP contribution in [0.1, 0.15) is 25.0 Å². The van der Waals surface area contributed by atoms with Gasteiger partial charge in [0.15, 0.2) is 0 Å². The standard InChI is InChI=1S/C33H32Cl3N3O4S/c1-23(2)37-33(41)31(19-24-10-5-3-6-11-24)38(21-25-12-9-13-26(34)18-25)32(40)22-39(30-17-16-27(35)20-29(30)36)44(42,43)28-14-7-4-8-15-28/h3-18,20,23,31H,19,21-22H2,1-2H3,(H,37,41)/t31-/m0/s1. The lowest BCUT2D eigenvalue weighted by Crippen LogP contribution is -2.54. The molecule has 0 radical (unpaired) electrons. The van der Waals surface area contributed by atoms with E-state index in [1.807, 2.05) is 44.2 Å². The molecule has 44 heavy (non-hydrogen) atoms. The van der Waals surface area contributed by atoms with Gasteiger partial charge in [0, 0.05) is 29.1 Å². The lowest BCUT2D eigenvalue weighted by atomic mass is 10.0. The fraction of sp³-hybridized carbons (Fsp3) is 0.212. The van der Waals surface area contributed by atoms with Gasteiger partial charge in [-0.15, -0.1) is 0 Å². The van der Waals surface area contributed by atoms with Crippen LogP contribution in [-0.4, -0.2) is 43.8 Å². The molecule has 0 fully saturated rings. The number of carbonyl (C=O) groups is 2. The van der Waals surface area contributed by atoms with Crippen molar-refractivity contribution in [1.29, 1.82) is 0 Å². The lowest BCUT2D eigenvalue weighted by molar-refractivity contribution is -0.140. The van der Waals surface area contributed by atoms with Gasteiger partial charge >= 0.3 is 0 Å². The topological polar surface area (TPSA) is 86.8 Å². The number of carbonyl (C=O) groups excluding carboxylic acids is 2. The van der Waals surface area contributed by atoms with E-state index in [1.54, 1.807) is 42.5 Å². The normalized spacial score (nSPS) is 12.0. The number of nitrogens with zero attached hydrogens (tertiary/aromatic N) is 2. The van der Waals surface area contributed by atoms with E-state index < -0.39 is 28.5 Å². The molecule has 0 aliphatic rings. The fourth-order valence-electron chi connectivity index (χ4n) is 4.68. The van der Waals surface area contributed by atoms with Crippen LogP contribution in [0.3, 0.4) is 0 Å². The summed E-state index contributed by atoms with van der Waals surface area (Å²) in [6.45, 7) is 3.02. The first-order valence-electron chi connectivity index (χ1n) is 13.9. The molecule has 11 heteroatoms. The van der Waals surface area contributed by atoms with Gasteiger partial charge in [-0.25, -0.2) is 8.42 Å². The number of halogens is 3. The average Bonchev–Trinajstić information content (AvgIpc) is 2.98. The molecule has 2 amide bonds. The van der Waals surface area contributed by atoms with E-state index in [1.165, 1.54) is 35.2 Å². The van der Waals surface area contributed by atoms with Crippen LogP contribution in [-0.2, 0) is 32.6 Å². The van der Waals surface area contributed by atoms with E-state index >= 15 is 0 Å². The van der Waals surface area contributed by atoms with E-state index in [-0.39, 0.29) is 40.5 Å². The van der Waals surface area contributed by atoms with Crippen LogP contribution in [0.5, 0.6) is 0 Å². The Morgan fingerprint density at radius 1 is 0.773 bits per heavy atom. The molecule has 0 aliphatic carbocycles. The molecule has 1 N–H and O–H groups in total. The average molecular weight is 673 g/mol. The van der Waals surface area contributed by atoms with Crippen molar-refractivity contribution in [1.82, 2.24) is 10.2 Å². The third-order valence-electron chi connectivity index (χ3n) is 6.73. The van der Waals surface area contributed by atoms with Crippen molar-refractivity contribution in [2.75, 3.05) is 10.8 Å². The summed E-state index contributed by atoms with van der Waals surface area (Å²) in [6.07, 6.45) is 0.193. The number of benzene rings is 4. The van der Waals surface area contributed by atoms with Gasteiger partial charge in [0.2, 0.25) is 11.8 Å². The van der Waals surface area contributed by atoms with Crippen molar-refractivity contribution in [3.63, 3.8) is 0 Å². The lowest BCUT2D eigenvalue weighted by Gasteiger charge is -2.34. The fourth-order valence-corrected chi connectivity index (χ4v) is 6.91. The van der Waals surface area contributed by atoms with Crippen LogP contribution in [0.4, 0.5) is 5.69 Å². The van der Waals surface area contributed by atoms with Crippen molar-refractivity contribution in [2.45, 2.75) is 43.8 Å². The first-order valence-corrected chi connectivity index (χ1v) is 16.4. The third kappa shape index (κ3) is 8.54. The minimum atomic E-state index is -4.28. The van der Waals surface area contributed by atoms with E-state index in [9.17, 15) is 18.0 Å². The van der Waals surface area contributed by atoms with Crippen molar-refractivity contribution in [3.05, 3.63) is 129 Å². The number of sulfonamides is 1. The number of anilines is 1. The van der Waals surface area contributed by atoms with Crippen LogP contribution in [0.15, 0.2) is 108 Å². The molecular formula is C33H32Cl3N3O4S. The minimum absolute atomic E-state index is 0.00398.